The molecular weight excluding hydrogens is 323 g/mol. The molecule has 1 fully saturated rings. The van der Waals surface area contributed by atoms with Crippen LogP contribution in [0.25, 0.3) is 0 Å². The molecular formula is C11H11IO2S. The molecule has 1 aromatic rings. The van der Waals surface area contributed by atoms with Crippen LogP contribution in [0.15, 0.2) is 24.3 Å². The fourth-order valence-corrected chi connectivity index (χ4v) is 2.69. The van der Waals surface area contributed by atoms with Crippen LogP contribution < -0.4 is 0 Å². The number of halogens is 1. The fraction of sp³-hybridized carbons (Fsp3) is 0.364. The van der Waals surface area contributed by atoms with E-state index in [1.54, 1.807) is 11.8 Å². The van der Waals surface area contributed by atoms with Gasteiger partial charge in [0.15, 0.2) is 0 Å². The van der Waals surface area contributed by atoms with Crippen molar-refractivity contribution in [2.45, 2.75) is 11.7 Å². The van der Waals surface area contributed by atoms with Gasteiger partial charge < -0.3 is 5.11 Å². The highest BCUT2D eigenvalue weighted by molar-refractivity contribution is 14.1. The Morgan fingerprint density at radius 3 is 2.60 bits per heavy atom. The number of rotatable bonds is 4. The first-order valence-corrected chi connectivity index (χ1v) is 6.88. The van der Waals surface area contributed by atoms with Gasteiger partial charge >= 0.3 is 5.97 Å². The van der Waals surface area contributed by atoms with Crippen molar-refractivity contribution >= 4 is 40.3 Å². The molecule has 1 aromatic carbocycles. The first kappa shape index (κ1) is 11.3. The number of thioether (sulfide) groups is 1. The topological polar surface area (TPSA) is 37.3 Å². The minimum Gasteiger partial charge on any atom is -0.481 e. The lowest BCUT2D eigenvalue weighted by Crippen LogP contribution is -2.21. The van der Waals surface area contributed by atoms with E-state index < -0.39 is 5.97 Å². The van der Waals surface area contributed by atoms with Gasteiger partial charge in [0.05, 0.1) is 5.92 Å². The Balaban J connectivity index is 2.05. The Morgan fingerprint density at radius 2 is 2.13 bits per heavy atom. The third-order valence-electron chi connectivity index (χ3n) is 2.49. The molecule has 0 spiro atoms. The number of carbonyl (C=O) groups is 1. The minimum absolute atomic E-state index is 0.213. The molecule has 80 valence electrons. The van der Waals surface area contributed by atoms with Crippen LogP contribution >= 0.6 is 34.4 Å². The lowest BCUT2D eigenvalue weighted by molar-refractivity contribution is -0.141. The van der Waals surface area contributed by atoms with Gasteiger partial charge in [0, 0.05) is 14.6 Å². The molecule has 15 heavy (non-hydrogen) atoms. The molecule has 1 saturated heterocycles. The van der Waals surface area contributed by atoms with E-state index >= 15 is 0 Å². The minimum atomic E-state index is -0.663. The van der Waals surface area contributed by atoms with E-state index in [1.807, 2.05) is 24.3 Å². The number of hydrogen-bond donors (Lipinski definition) is 1. The van der Waals surface area contributed by atoms with Crippen LogP contribution in [0.4, 0.5) is 0 Å². The van der Waals surface area contributed by atoms with Crippen LogP contribution in [0.1, 0.15) is 5.56 Å². The van der Waals surface area contributed by atoms with E-state index in [0.717, 1.165) is 11.3 Å². The third kappa shape index (κ3) is 3.11. The van der Waals surface area contributed by atoms with Crippen molar-refractivity contribution in [1.29, 1.82) is 0 Å². The average Bonchev–Trinajstić information content (AvgIpc) is 3.00. The second-order valence-corrected chi connectivity index (χ2v) is 6.16. The Kier molecular flexibility index (Phi) is 3.56. The van der Waals surface area contributed by atoms with Crippen LogP contribution in [-0.4, -0.2) is 22.1 Å². The predicted octanol–water partition coefficient (Wildman–Crippen LogP) is 2.65. The molecule has 1 aliphatic heterocycles. The Hall–Kier alpha value is -0.230. The van der Waals surface area contributed by atoms with Crippen molar-refractivity contribution in [3.63, 3.8) is 0 Å². The maximum absolute atomic E-state index is 11.0. The normalized spacial score (nSPS) is 21.0. The zero-order valence-corrected chi connectivity index (χ0v) is 11.0. The fourth-order valence-electron chi connectivity index (χ4n) is 1.54. The van der Waals surface area contributed by atoms with Gasteiger partial charge in [-0.3, -0.25) is 4.79 Å². The highest BCUT2D eigenvalue weighted by Gasteiger charge is 2.36. The standard InChI is InChI=1S/C11H11IO2S/c12-8-3-1-7(2-4-8)5-9(11(13)14)10-6-15-10/h1-4,9-10H,5-6H2,(H,13,14)/t9-,10+/m0/s1. The third-order valence-corrected chi connectivity index (χ3v) is 4.26. The first-order chi connectivity index (χ1) is 7.16. The molecule has 2 atom stereocenters. The molecule has 2 nitrogen and oxygen atoms in total. The van der Waals surface area contributed by atoms with Crippen LogP contribution in [0, 0.1) is 9.49 Å². The Bertz CT molecular complexity index is 359. The van der Waals surface area contributed by atoms with E-state index in [0.29, 0.717) is 11.7 Å². The SMILES string of the molecule is O=C(O)[C@@H](Cc1ccc(I)cc1)[C@H]1CS1. The summed E-state index contributed by atoms with van der Waals surface area (Å²) in [7, 11) is 0. The average molecular weight is 334 g/mol. The largest absolute Gasteiger partial charge is 0.481 e. The van der Waals surface area contributed by atoms with Gasteiger partial charge in [0.25, 0.3) is 0 Å². The van der Waals surface area contributed by atoms with Crippen molar-refractivity contribution in [2.24, 2.45) is 5.92 Å². The van der Waals surface area contributed by atoms with Crippen molar-refractivity contribution in [2.75, 3.05) is 5.75 Å². The van der Waals surface area contributed by atoms with Gasteiger partial charge in [-0.1, -0.05) is 12.1 Å². The van der Waals surface area contributed by atoms with E-state index in [-0.39, 0.29) is 5.92 Å². The van der Waals surface area contributed by atoms with E-state index in [4.69, 9.17) is 5.11 Å². The van der Waals surface area contributed by atoms with Gasteiger partial charge in [0.1, 0.15) is 0 Å². The maximum atomic E-state index is 11.0. The molecule has 0 amide bonds. The van der Waals surface area contributed by atoms with E-state index in [1.165, 1.54) is 3.57 Å². The summed E-state index contributed by atoms with van der Waals surface area (Å²) in [5.41, 5.74) is 1.12. The Morgan fingerprint density at radius 1 is 1.53 bits per heavy atom. The van der Waals surface area contributed by atoms with Gasteiger partial charge in [-0.05, 0) is 46.7 Å². The van der Waals surface area contributed by atoms with Crippen LogP contribution in [-0.2, 0) is 11.2 Å². The van der Waals surface area contributed by atoms with Gasteiger partial charge in [-0.2, -0.15) is 11.8 Å². The van der Waals surface area contributed by atoms with Crippen molar-refractivity contribution < 1.29 is 9.90 Å². The summed E-state index contributed by atoms with van der Waals surface area (Å²) in [6, 6.07) is 8.08. The summed E-state index contributed by atoms with van der Waals surface area (Å²) in [5, 5.41) is 9.42. The molecule has 0 unspecified atom stereocenters. The molecule has 1 N–H and O–H groups in total. The summed E-state index contributed by atoms with van der Waals surface area (Å²) in [6.45, 7) is 0. The lowest BCUT2D eigenvalue weighted by Gasteiger charge is -2.09. The summed E-state index contributed by atoms with van der Waals surface area (Å²) >= 11 is 3.99. The van der Waals surface area contributed by atoms with Gasteiger partial charge in [0.2, 0.25) is 0 Å². The molecule has 0 aromatic heterocycles. The van der Waals surface area contributed by atoms with Crippen molar-refractivity contribution in [1.82, 2.24) is 0 Å². The van der Waals surface area contributed by atoms with Crippen molar-refractivity contribution in [3.05, 3.63) is 33.4 Å². The second-order valence-electron chi connectivity index (χ2n) is 3.65. The molecule has 0 saturated carbocycles. The predicted molar refractivity (Wildman–Crippen MR) is 70.2 cm³/mol. The quantitative estimate of drug-likeness (QED) is 0.679. The first-order valence-electron chi connectivity index (χ1n) is 4.75. The van der Waals surface area contributed by atoms with Crippen LogP contribution in [0.3, 0.4) is 0 Å². The number of aliphatic carboxylic acids is 1. The molecule has 0 bridgehead atoms. The summed E-state index contributed by atoms with van der Waals surface area (Å²) in [4.78, 5) is 11.0. The zero-order valence-electron chi connectivity index (χ0n) is 8.02. The molecule has 2 rings (SSSR count). The van der Waals surface area contributed by atoms with E-state index in [9.17, 15) is 4.79 Å². The molecule has 0 aliphatic carbocycles. The van der Waals surface area contributed by atoms with Crippen LogP contribution in [0.2, 0.25) is 0 Å². The highest BCUT2D eigenvalue weighted by Crippen LogP contribution is 2.38. The lowest BCUT2D eigenvalue weighted by atomic mass is 9.97. The number of hydrogen-bond acceptors (Lipinski definition) is 2. The number of carboxylic acids is 1. The van der Waals surface area contributed by atoms with Crippen molar-refractivity contribution in [3.8, 4) is 0 Å². The number of carboxylic acid groups (broad SMARTS) is 1. The van der Waals surface area contributed by atoms with Crippen LogP contribution in [0.5, 0.6) is 0 Å². The maximum Gasteiger partial charge on any atom is 0.307 e. The monoisotopic (exact) mass is 334 g/mol. The smallest absolute Gasteiger partial charge is 0.307 e. The second kappa shape index (κ2) is 4.74. The zero-order chi connectivity index (χ0) is 10.8. The molecule has 1 aliphatic rings. The molecule has 1 heterocycles. The van der Waals surface area contributed by atoms with E-state index in [2.05, 4.69) is 22.6 Å². The number of benzene rings is 1. The summed E-state index contributed by atoms with van der Waals surface area (Å²) < 4.78 is 1.18. The van der Waals surface area contributed by atoms with Gasteiger partial charge in [-0.25, -0.2) is 0 Å². The highest BCUT2D eigenvalue weighted by atomic mass is 127. The summed E-state index contributed by atoms with van der Waals surface area (Å²) in [5.74, 6) is 0.125. The Labute approximate surface area is 107 Å². The van der Waals surface area contributed by atoms with Gasteiger partial charge in [-0.15, -0.1) is 0 Å². The summed E-state index contributed by atoms with van der Waals surface area (Å²) in [6.07, 6.45) is 0.657. The molecule has 4 heteroatoms. The molecule has 0 radical (unpaired) electrons.